The Kier molecular flexibility index (Phi) is 5.44. The van der Waals surface area contributed by atoms with Crippen molar-refractivity contribution in [3.05, 3.63) is 59.1 Å². The molecule has 0 heterocycles. The Morgan fingerprint density at radius 1 is 1.17 bits per heavy atom. The molecule has 0 saturated heterocycles. The van der Waals surface area contributed by atoms with Crippen molar-refractivity contribution in [2.75, 3.05) is 22.4 Å². The van der Waals surface area contributed by atoms with Crippen molar-refractivity contribution in [1.29, 1.82) is 5.26 Å². The zero-order valence-corrected chi connectivity index (χ0v) is 14.3. The second kappa shape index (κ2) is 7.34. The summed E-state index contributed by atoms with van der Waals surface area (Å²) < 4.78 is 24.9. The van der Waals surface area contributed by atoms with E-state index in [4.69, 9.17) is 16.9 Å². The Bertz CT molecular complexity index is 872. The van der Waals surface area contributed by atoms with Gasteiger partial charge in [-0.3, -0.25) is 9.10 Å². The van der Waals surface area contributed by atoms with Crippen LogP contribution in [0.4, 0.5) is 11.4 Å². The first kappa shape index (κ1) is 17.8. The first-order valence-corrected chi connectivity index (χ1v) is 9.05. The van der Waals surface area contributed by atoms with E-state index in [0.717, 1.165) is 10.6 Å². The lowest BCUT2D eigenvalue weighted by Crippen LogP contribution is -2.37. The fourth-order valence-electron chi connectivity index (χ4n) is 1.97. The summed E-state index contributed by atoms with van der Waals surface area (Å²) in [4.78, 5) is 12.1. The molecule has 1 N–H and O–H groups in total. The molecule has 0 bridgehead atoms. The van der Waals surface area contributed by atoms with Crippen molar-refractivity contribution < 1.29 is 13.2 Å². The van der Waals surface area contributed by atoms with Crippen LogP contribution in [-0.2, 0) is 14.8 Å². The number of hydrogen-bond acceptors (Lipinski definition) is 4. The number of carbonyl (C=O) groups is 1. The minimum Gasteiger partial charge on any atom is -0.325 e. The van der Waals surface area contributed by atoms with E-state index < -0.39 is 15.9 Å². The highest BCUT2D eigenvalue weighted by atomic mass is 35.5. The molecule has 0 aliphatic heterocycles. The molecule has 0 radical (unpaired) electrons. The second-order valence-electron chi connectivity index (χ2n) is 4.98. The average molecular weight is 364 g/mol. The minimum absolute atomic E-state index is 0.308. The van der Waals surface area contributed by atoms with Gasteiger partial charge in [0, 0.05) is 10.7 Å². The van der Waals surface area contributed by atoms with E-state index in [1.807, 2.05) is 6.07 Å². The molecule has 2 aromatic rings. The monoisotopic (exact) mass is 363 g/mol. The zero-order valence-electron chi connectivity index (χ0n) is 12.7. The van der Waals surface area contributed by atoms with Crippen LogP contribution in [0.1, 0.15) is 5.56 Å². The van der Waals surface area contributed by atoms with Crippen LogP contribution in [0.25, 0.3) is 0 Å². The van der Waals surface area contributed by atoms with Gasteiger partial charge in [-0.05, 0) is 48.5 Å². The average Bonchev–Trinajstić information content (AvgIpc) is 2.54. The number of nitriles is 1. The van der Waals surface area contributed by atoms with Crippen molar-refractivity contribution >= 4 is 38.9 Å². The predicted molar refractivity (Wildman–Crippen MR) is 93.4 cm³/mol. The van der Waals surface area contributed by atoms with E-state index in [1.54, 1.807) is 24.3 Å². The number of benzene rings is 2. The molecule has 0 spiro atoms. The summed E-state index contributed by atoms with van der Waals surface area (Å²) in [7, 11) is -3.66. The molecule has 24 heavy (non-hydrogen) atoms. The molecule has 2 rings (SSSR count). The quantitative estimate of drug-likeness (QED) is 0.884. The third-order valence-electron chi connectivity index (χ3n) is 3.10. The number of rotatable bonds is 5. The summed E-state index contributed by atoms with van der Waals surface area (Å²) >= 11 is 5.77. The van der Waals surface area contributed by atoms with Gasteiger partial charge in [-0.2, -0.15) is 5.26 Å². The van der Waals surface area contributed by atoms with E-state index in [9.17, 15) is 13.2 Å². The van der Waals surface area contributed by atoms with E-state index in [1.165, 1.54) is 24.3 Å². The summed E-state index contributed by atoms with van der Waals surface area (Å²) in [6.07, 6.45) is 1.01. The van der Waals surface area contributed by atoms with Crippen LogP contribution in [0, 0.1) is 11.3 Å². The zero-order chi connectivity index (χ0) is 17.7. The van der Waals surface area contributed by atoms with Crippen LogP contribution in [0.5, 0.6) is 0 Å². The van der Waals surface area contributed by atoms with Crippen molar-refractivity contribution in [3.8, 4) is 6.07 Å². The van der Waals surface area contributed by atoms with Gasteiger partial charge in [0.2, 0.25) is 15.9 Å². The van der Waals surface area contributed by atoms with Gasteiger partial charge in [0.05, 0.1) is 23.6 Å². The van der Waals surface area contributed by atoms with E-state index in [2.05, 4.69) is 5.32 Å². The summed E-state index contributed by atoms with van der Waals surface area (Å²) in [6, 6.07) is 14.4. The van der Waals surface area contributed by atoms with Gasteiger partial charge in [-0.15, -0.1) is 0 Å². The molecule has 0 atom stereocenters. The largest absolute Gasteiger partial charge is 0.325 e. The van der Waals surface area contributed by atoms with Crippen molar-refractivity contribution in [3.63, 3.8) is 0 Å². The van der Waals surface area contributed by atoms with E-state index in [0.29, 0.717) is 22.0 Å². The lowest BCUT2D eigenvalue weighted by Gasteiger charge is -2.21. The molecular formula is C16H14ClN3O3S. The minimum atomic E-state index is -3.66. The van der Waals surface area contributed by atoms with Crippen LogP contribution >= 0.6 is 11.6 Å². The summed E-state index contributed by atoms with van der Waals surface area (Å²) in [6.45, 7) is -0.382. The molecular weight excluding hydrogens is 350 g/mol. The molecule has 0 aromatic heterocycles. The lowest BCUT2D eigenvalue weighted by molar-refractivity contribution is -0.114. The van der Waals surface area contributed by atoms with Gasteiger partial charge >= 0.3 is 0 Å². The highest BCUT2D eigenvalue weighted by Crippen LogP contribution is 2.19. The Hall–Kier alpha value is -2.56. The number of anilines is 2. The van der Waals surface area contributed by atoms with Gasteiger partial charge in [-0.1, -0.05) is 11.6 Å². The van der Waals surface area contributed by atoms with Crippen molar-refractivity contribution in [2.45, 2.75) is 0 Å². The normalized spacial score (nSPS) is 10.7. The topological polar surface area (TPSA) is 90.3 Å². The van der Waals surface area contributed by atoms with Crippen molar-refractivity contribution in [2.24, 2.45) is 0 Å². The Balaban J connectivity index is 2.18. The maximum atomic E-state index is 12.1. The third-order valence-corrected chi connectivity index (χ3v) is 4.49. The smallest absolute Gasteiger partial charge is 0.245 e. The number of hydrogen-bond donors (Lipinski definition) is 1. The number of sulfonamides is 1. The maximum absolute atomic E-state index is 12.1. The fraction of sp³-hybridized carbons (Fsp3) is 0.125. The summed E-state index contributed by atoms with van der Waals surface area (Å²) in [5.74, 6) is -0.493. The first-order chi connectivity index (χ1) is 11.3. The molecule has 1 amide bonds. The molecule has 0 aliphatic rings. The van der Waals surface area contributed by atoms with Crippen LogP contribution in [0.2, 0.25) is 5.02 Å². The van der Waals surface area contributed by atoms with Crippen LogP contribution < -0.4 is 9.62 Å². The number of carbonyl (C=O) groups excluding carboxylic acids is 1. The van der Waals surface area contributed by atoms with Gasteiger partial charge in [-0.25, -0.2) is 8.42 Å². The summed E-state index contributed by atoms with van der Waals surface area (Å²) in [5.41, 5.74) is 1.22. The highest BCUT2D eigenvalue weighted by molar-refractivity contribution is 7.92. The molecule has 0 fully saturated rings. The fourth-order valence-corrected chi connectivity index (χ4v) is 2.95. The summed E-state index contributed by atoms with van der Waals surface area (Å²) in [5, 5.41) is 11.9. The number of nitrogens with zero attached hydrogens (tertiary/aromatic N) is 2. The molecule has 8 heteroatoms. The third kappa shape index (κ3) is 4.72. The molecule has 6 nitrogen and oxygen atoms in total. The number of amides is 1. The SMILES string of the molecule is CS(=O)(=O)N(CC(=O)Nc1ccc(Cl)cc1)c1ccc(C#N)cc1. The molecule has 0 unspecified atom stereocenters. The molecule has 2 aromatic carbocycles. The Labute approximate surface area is 145 Å². The van der Waals surface area contributed by atoms with Crippen molar-refractivity contribution in [1.82, 2.24) is 0 Å². The molecule has 0 saturated carbocycles. The standard InChI is InChI=1S/C16H14ClN3O3S/c1-24(22,23)20(15-8-2-12(10-18)3-9-15)11-16(21)19-14-6-4-13(17)5-7-14/h2-9H,11H2,1H3,(H,19,21). The number of halogens is 1. The highest BCUT2D eigenvalue weighted by Gasteiger charge is 2.20. The lowest BCUT2D eigenvalue weighted by atomic mass is 10.2. The second-order valence-corrected chi connectivity index (χ2v) is 7.33. The van der Waals surface area contributed by atoms with E-state index in [-0.39, 0.29) is 6.54 Å². The molecule has 0 aliphatic carbocycles. The van der Waals surface area contributed by atoms with Crippen LogP contribution in [-0.4, -0.2) is 27.1 Å². The Morgan fingerprint density at radius 2 is 1.75 bits per heavy atom. The van der Waals surface area contributed by atoms with Gasteiger partial charge in [0.1, 0.15) is 6.54 Å². The van der Waals surface area contributed by atoms with Crippen LogP contribution in [0.15, 0.2) is 48.5 Å². The predicted octanol–water partition coefficient (Wildman–Crippen LogP) is 2.62. The van der Waals surface area contributed by atoms with Gasteiger partial charge in [0.25, 0.3) is 0 Å². The maximum Gasteiger partial charge on any atom is 0.245 e. The Morgan fingerprint density at radius 3 is 2.25 bits per heavy atom. The van der Waals surface area contributed by atoms with Gasteiger partial charge in [0.15, 0.2) is 0 Å². The van der Waals surface area contributed by atoms with Crippen LogP contribution in [0.3, 0.4) is 0 Å². The first-order valence-electron chi connectivity index (χ1n) is 6.83. The number of nitrogens with one attached hydrogen (secondary N) is 1. The molecule has 124 valence electrons. The van der Waals surface area contributed by atoms with Gasteiger partial charge < -0.3 is 5.32 Å². The van der Waals surface area contributed by atoms with E-state index >= 15 is 0 Å².